The number of sulfonamides is 1. The molecule has 0 aliphatic heterocycles. The topological polar surface area (TPSA) is 107 Å². The van der Waals surface area contributed by atoms with E-state index >= 15 is 0 Å². The summed E-state index contributed by atoms with van der Waals surface area (Å²) in [6.45, 7) is 1.69. The van der Waals surface area contributed by atoms with Gasteiger partial charge in [0, 0.05) is 18.8 Å². The first-order chi connectivity index (χ1) is 16.2. The maximum Gasteiger partial charge on any atom is 0.338 e. The standard InChI is InChI=1S/C24H20ClN3O5S/c1-16-9-10-28-22(11-16)27-19(13-23(28)29)15-33-24(30)18-7-8-20(25)21(12-18)34(31,32)26-14-17-5-3-2-4-6-17/h2-13,26H,14-15H2,1H3. The molecule has 0 radical (unpaired) electrons. The molecule has 2 heterocycles. The number of halogens is 1. The summed E-state index contributed by atoms with van der Waals surface area (Å²) in [6.07, 6.45) is 1.62. The molecule has 0 bridgehead atoms. The number of carbonyl (C=O) groups excluding carboxylic acids is 1. The van der Waals surface area contributed by atoms with Gasteiger partial charge < -0.3 is 4.74 Å². The third-order valence-electron chi connectivity index (χ3n) is 4.99. The summed E-state index contributed by atoms with van der Waals surface area (Å²) >= 11 is 6.11. The summed E-state index contributed by atoms with van der Waals surface area (Å²) in [5, 5.41) is -0.0308. The smallest absolute Gasteiger partial charge is 0.338 e. The van der Waals surface area contributed by atoms with Crippen molar-refractivity contribution >= 4 is 33.2 Å². The molecule has 0 amide bonds. The predicted molar refractivity (Wildman–Crippen MR) is 127 cm³/mol. The van der Waals surface area contributed by atoms with E-state index in [1.807, 2.05) is 13.0 Å². The van der Waals surface area contributed by atoms with Crippen molar-refractivity contribution < 1.29 is 17.9 Å². The molecule has 0 saturated heterocycles. The monoisotopic (exact) mass is 497 g/mol. The fraction of sp³-hybridized carbons (Fsp3) is 0.125. The van der Waals surface area contributed by atoms with Gasteiger partial charge >= 0.3 is 5.97 Å². The normalized spacial score (nSPS) is 11.5. The summed E-state index contributed by atoms with van der Waals surface area (Å²) in [6, 6.07) is 17.6. The minimum atomic E-state index is -3.99. The summed E-state index contributed by atoms with van der Waals surface area (Å²) < 4.78 is 34.7. The van der Waals surface area contributed by atoms with Crippen molar-refractivity contribution in [3.05, 3.63) is 111 Å². The van der Waals surface area contributed by atoms with Crippen molar-refractivity contribution in [3.63, 3.8) is 0 Å². The Morgan fingerprint density at radius 3 is 2.62 bits per heavy atom. The second-order valence-corrected chi connectivity index (χ2v) is 9.69. The van der Waals surface area contributed by atoms with Crippen LogP contribution < -0.4 is 10.3 Å². The van der Waals surface area contributed by atoms with Crippen LogP contribution in [0.2, 0.25) is 5.02 Å². The predicted octanol–water partition coefficient (Wildman–Crippen LogP) is 3.49. The summed E-state index contributed by atoms with van der Waals surface area (Å²) in [5.74, 6) is -0.776. The number of nitrogens with zero attached hydrogens (tertiary/aromatic N) is 2. The molecular weight excluding hydrogens is 478 g/mol. The number of pyridine rings is 1. The second-order valence-electron chi connectivity index (χ2n) is 7.55. The van der Waals surface area contributed by atoms with E-state index in [9.17, 15) is 18.0 Å². The van der Waals surface area contributed by atoms with Crippen LogP contribution in [0.1, 0.15) is 27.2 Å². The molecule has 4 rings (SSSR count). The van der Waals surface area contributed by atoms with Crippen molar-refractivity contribution in [2.45, 2.75) is 25.0 Å². The van der Waals surface area contributed by atoms with E-state index in [0.717, 1.165) is 17.2 Å². The first kappa shape index (κ1) is 23.6. The van der Waals surface area contributed by atoms with Gasteiger partial charge in [-0.3, -0.25) is 9.20 Å². The lowest BCUT2D eigenvalue weighted by Gasteiger charge is -2.11. The van der Waals surface area contributed by atoms with E-state index in [0.29, 0.717) is 5.65 Å². The number of fused-ring (bicyclic) bond motifs is 1. The van der Waals surface area contributed by atoms with Crippen LogP contribution in [0.15, 0.2) is 82.6 Å². The van der Waals surface area contributed by atoms with Crippen LogP contribution in [-0.2, 0) is 27.9 Å². The lowest BCUT2D eigenvalue weighted by atomic mass is 10.2. The maximum absolute atomic E-state index is 12.8. The Balaban J connectivity index is 1.50. The number of aromatic nitrogens is 2. The van der Waals surface area contributed by atoms with Crippen LogP contribution in [0.5, 0.6) is 0 Å². The zero-order chi connectivity index (χ0) is 24.3. The molecule has 0 atom stereocenters. The van der Waals surface area contributed by atoms with E-state index in [2.05, 4.69) is 9.71 Å². The fourth-order valence-corrected chi connectivity index (χ4v) is 4.78. The van der Waals surface area contributed by atoms with Crippen LogP contribution in [0.4, 0.5) is 0 Å². The van der Waals surface area contributed by atoms with Gasteiger partial charge in [-0.05, 0) is 48.4 Å². The average molecular weight is 498 g/mol. The van der Waals surface area contributed by atoms with Gasteiger partial charge in [0.1, 0.15) is 17.1 Å². The number of aryl methyl sites for hydroxylation is 1. The molecule has 4 aromatic rings. The molecule has 8 nitrogen and oxygen atoms in total. The summed E-state index contributed by atoms with van der Waals surface area (Å²) in [7, 11) is -3.99. The second kappa shape index (κ2) is 9.76. The first-order valence-electron chi connectivity index (χ1n) is 10.2. The molecule has 0 saturated carbocycles. The molecular formula is C24H20ClN3O5S. The number of nitrogens with one attached hydrogen (secondary N) is 1. The number of benzene rings is 2. The minimum absolute atomic E-state index is 0.00200. The Morgan fingerprint density at radius 2 is 1.85 bits per heavy atom. The summed E-state index contributed by atoms with van der Waals surface area (Å²) in [5.41, 5.74) is 2.10. The van der Waals surface area contributed by atoms with Gasteiger partial charge in [-0.1, -0.05) is 41.9 Å². The quantitative estimate of drug-likeness (QED) is 0.392. The molecule has 0 aliphatic carbocycles. The first-order valence-corrected chi connectivity index (χ1v) is 12.1. The maximum atomic E-state index is 12.8. The van der Waals surface area contributed by atoms with E-state index < -0.39 is 16.0 Å². The SMILES string of the molecule is Cc1ccn2c(=O)cc(COC(=O)c3ccc(Cl)c(S(=O)(=O)NCc4ccccc4)c3)nc2c1. The molecule has 10 heteroatoms. The van der Waals surface area contributed by atoms with Crippen molar-refractivity contribution in [1.29, 1.82) is 0 Å². The van der Waals surface area contributed by atoms with Gasteiger partial charge in [-0.15, -0.1) is 0 Å². The van der Waals surface area contributed by atoms with Crippen molar-refractivity contribution in [2.75, 3.05) is 0 Å². The van der Waals surface area contributed by atoms with Crippen LogP contribution >= 0.6 is 11.6 Å². The van der Waals surface area contributed by atoms with Gasteiger partial charge in [0.25, 0.3) is 5.56 Å². The van der Waals surface area contributed by atoms with Crippen LogP contribution in [0.25, 0.3) is 5.65 Å². The Morgan fingerprint density at radius 1 is 1.09 bits per heavy atom. The molecule has 174 valence electrons. The Bertz CT molecular complexity index is 1540. The van der Waals surface area contributed by atoms with E-state index in [1.54, 1.807) is 42.6 Å². The molecule has 0 spiro atoms. The van der Waals surface area contributed by atoms with Crippen LogP contribution in [0, 0.1) is 6.92 Å². The lowest BCUT2D eigenvalue weighted by Crippen LogP contribution is -2.24. The lowest BCUT2D eigenvalue weighted by molar-refractivity contribution is 0.0467. The molecule has 34 heavy (non-hydrogen) atoms. The highest BCUT2D eigenvalue weighted by molar-refractivity contribution is 7.89. The Kier molecular flexibility index (Phi) is 6.78. The highest BCUT2D eigenvalue weighted by Gasteiger charge is 2.21. The number of hydrogen-bond acceptors (Lipinski definition) is 6. The number of hydrogen-bond donors (Lipinski definition) is 1. The average Bonchev–Trinajstić information content (AvgIpc) is 2.82. The number of rotatable bonds is 7. The number of carbonyl (C=O) groups is 1. The van der Waals surface area contributed by atoms with Crippen LogP contribution in [0.3, 0.4) is 0 Å². The van der Waals surface area contributed by atoms with Crippen LogP contribution in [-0.4, -0.2) is 23.8 Å². The third kappa shape index (κ3) is 5.33. The molecule has 0 unspecified atom stereocenters. The summed E-state index contributed by atoms with van der Waals surface area (Å²) in [4.78, 5) is 29.0. The number of ether oxygens (including phenoxy) is 1. The van der Waals surface area contributed by atoms with E-state index in [4.69, 9.17) is 16.3 Å². The Labute approximate surface area is 200 Å². The highest BCUT2D eigenvalue weighted by Crippen LogP contribution is 2.23. The number of esters is 1. The largest absolute Gasteiger partial charge is 0.456 e. The van der Waals surface area contributed by atoms with Crippen molar-refractivity contribution in [2.24, 2.45) is 0 Å². The zero-order valence-electron chi connectivity index (χ0n) is 18.1. The van der Waals surface area contributed by atoms with Crippen molar-refractivity contribution in [1.82, 2.24) is 14.1 Å². The molecule has 2 aromatic carbocycles. The minimum Gasteiger partial charge on any atom is -0.456 e. The highest BCUT2D eigenvalue weighted by atomic mass is 35.5. The molecule has 2 aromatic heterocycles. The third-order valence-corrected chi connectivity index (χ3v) is 6.88. The van der Waals surface area contributed by atoms with Gasteiger partial charge in [-0.25, -0.2) is 22.9 Å². The van der Waals surface area contributed by atoms with Gasteiger partial charge in [0.05, 0.1) is 16.3 Å². The van der Waals surface area contributed by atoms with E-state index in [-0.39, 0.29) is 39.9 Å². The van der Waals surface area contributed by atoms with E-state index in [1.165, 1.54) is 22.6 Å². The zero-order valence-corrected chi connectivity index (χ0v) is 19.6. The fourth-order valence-electron chi connectivity index (χ4n) is 3.24. The van der Waals surface area contributed by atoms with Gasteiger partial charge in [0.15, 0.2) is 0 Å². The molecule has 0 aliphatic rings. The Hall–Kier alpha value is -3.53. The molecule has 0 fully saturated rings. The molecule has 1 N–H and O–H groups in total. The van der Waals surface area contributed by atoms with Crippen molar-refractivity contribution in [3.8, 4) is 0 Å². The van der Waals surface area contributed by atoms with Gasteiger partial charge in [0.2, 0.25) is 10.0 Å². The van der Waals surface area contributed by atoms with Gasteiger partial charge in [-0.2, -0.15) is 0 Å².